The van der Waals surface area contributed by atoms with Gasteiger partial charge in [-0.25, -0.2) is 0 Å². The SMILES string of the molecule is CC(C)CN(CCC#N)c1ccc2cnccc2c1N. The quantitative estimate of drug-likeness (QED) is 0.846. The van der Waals surface area contributed by atoms with Gasteiger partial charge < -0.3 is 10.6 Å². The molecule has 2 aromatic rings. The van der Waals surface area contributed by atoms with Crippen molar-refractivity contribution in [3.05, 3.63) is 30.6 Å². The van der Waals surface area contributed by atoms with E-state index in [-0.39, 0.29) is 0 Å². The summed E-state index contributed by atoms with van der Waals surface area (Å²) < 4.78 is 0. The van der Waals surface area contributed by atoms with Gasteiger partial charge in [-0.05, 0) is 18.1 Å². The first-order valence-electron chi connectivity index (χ1n) is 6.87. The molecule has 0 amide bonds. The van der Waals surface area contributed by atoms with Crippen molar-refractivity contribution in [2.24, 2.45) is 5.92 Å². The monoisotopic (exact) mass is 268 g/mol. The van der Waals surface area contributed by atoms with E-state index in [1.54, 1.807) is 6.20 Å². The fourth-order valence-corrected chi connectivity index (χ4v) is 2.39. The van der Waals surface area contributed by atoms with E-state index in [0.717, 1.165) is 28.7 Å². The Kier molecular flexibility index (Phi) is 4.41. The Balaban J connectivity index is 2.42. The Bertz CT molecular complexity index is 628. The maximum absolute atomic E-state index is 8.82. The van der Waals surface area contributed by atoms with E-state index in [4.69, 9.17) is 11.0 Å². The third-order valence-electron chi connectivity index (χ3n) is 3.26. The number of hydrogen-bond acceptors (Lipinski definition) is 4. The molecule has 4 heteroatoms. The van der Waals surface area contributed by atoms with Crippen LogP contribution in [0, 0.1) is 17.2 Å². The molecular formula is C16H20N4. The minimum Gasteiger partial charge on any atom is -0.397 e. The third-order valence-corrected chi connectivity index (χ3v) is 3.26. The number of anilines is 2. The Morgan fingerprint density at radius 1 is 1.35 bits per heavy atom. The number of nitrogen functional groups attached to an aromatic ring is 1. The molecule has 4 nitrogen and oxygen atoms in total. The second-order valence-electron chi connectivity index (χ2n) is 5.34. The van der Waals surface area contributed by atoms with Crippen LogP contribution in [0.3, 0.4) is 0 Å². The molecule has 20 heavy (non-hydrogen) atoms. The number of nitrogens with zero attached hydrogens (tertiary/aromatic N) is 3. The summed E-state index contributed by atoms with van der Waals surface area (Å²) in [7, 11) is 0. The predicted molar refractivity (Wildman–Crippen MR) is 83.4 cm³/mol. The summed E-state index contributed by atoms with van der Waals surface area (Å²) in [6.45, 7) is 5.93. The van der Waals surface area contributed by atoms with Crippen molar-refractivity contribution in [1.82, 2.24) is 4.98 Å². The molecule has 0 spiro atoms. The first kappa shape index (κ1) is 14.1. The molecule has 0 aliphatic heterocycles. The van der Waals surface area contributed by atoms with E-state index in [9.17, 15) is 0 Å². The average molecular weight is 268 g/mol. The molecule has 2 N–H and O–H groups in total. The van der Waals surface area contributed by atoms with Gasteiger partial charge in [-0.15, -0.1) is 0 Å². The lowest BCUT2D eigenvalue weighted by Crippen LogP contribution is -2.29. The normalized spacial score (nSPS) is 10.7. The summed E-state index contributed by atoms with van der Waals surface area (Å²) in [4.78, 5) is 6.31. The predicted octanol–water partition coefficient (Wildman–Crippen LogP) is 3.19. The largest absolute Gasteiger partial charge is 0.397 e. The smallest absolute Gasteiger partial charge is 0.0640 e. The number of nitriles is 1. The van der Waals surface area contributed by atoms with Crippen molar-refractivity contribution >= 4 is 22.1 Å². The van der Waals surface area contributed by atoms with Crippen molar-refractivity contribution in [3.8, 4) is 6.07 Å². The molecule has 1 aromatic heterocycles. The first-order valence-corrected chi connectivity index (χ1v) is 6.87. The fourth-order valence-electron chi connectivity index (χ4n) is 2.39. The van der Waals surface area contributed by atoms with Crippen molar-refractivity contribution in [2.75, 3.05) is 23.7 Å². The van der Waals surface area contributed by atoms with Crippen molar-refractivity contribution in [1.29, 1.82) is 5.26 Å². The lowest BCUT2D eigenvalue weighted by Gasteiger charge is -2.27. The Morgan fingerprint density at radius 2 is 2.15 bits per heavy atom. The molecule has 0 fully saturated rings. The van der Waals surface area contributed by atoms with Gasteiger partial charge in [0.15, 0.2) is 0 Å². The van der Waals surface area contributed by atoms with Gasteiger partial charge in [-0.1, -0.05) is 19.9 Å². The molecule has 0 aliphatic carbocycles. The van der Waals surface area contributed by atoms with E-state index in [1.165, 1.54) is 0 Å². The van der Waals surface area contributed by atoms with E-state index in [2.05, 4.69) is 29.8 Å². The Labute approximate surface area is 119 Å². The van der Waals surface area contributed by atoms with E-state index >= 15 is 0 Å². The van der Waals surface area contributed by atoms with Crippen LogP contribution in [-0.4, -0.2) is 18.1 Å². The lowest BCUT2D eigenvalue weighted by atomic mass is 10.1. The zero-order valence-electron chi connectivity index (χ0n) is 12.0. The molecule has 0 unspecified atom stereocenters. The topological polar surface area (TPSA) is 65.9 Å². The number of benzene rings is 1. The van der Waals surface area contributed by atoms with Crippen LogP contribution < -0.4 is 10.6 Å². The fraction of sp³-hybridized carbons (Fsp3) is 0.375. The van der Waals surface area contributed by atoms with Gasteiger partial charge in [-0.3, -0.25) is 4.98 Å². The van der Waals surface area contributed by atoms with Crippen LogP contribution in [0.5, 0.6) is 0 Å². The number of fused-ring (bicyclic) bond motifs is 1. The molecule has 0 saturated carbocycles. The zero-order valence-corrected chi connectivity index (χ0v) is 12.0. The van der Waals surface area contributed by atoms with Gasteiger partial charge in [0.05, 0.1) is 23.9 Å². The summed E-state index contributed by atoms with van der Waals surface area (Å²) in [6.07, 6.45) is 4.07. The lowest BCUT2D eigenvalue weighted by molar-refractivity contribution is 0.613. The minimum atomic E-state index is 0.501. The molecule has 0 bridgehead atoms. The van der Waals surface area contributed by atoms with E-state index in [1.807, 2.05) is 24.4 Å². The van der Waals surface area contributed by atoms with Crippen LogP contribution in [0.15, 0.2) is 30.6 Å². The van der Waals surface area contributed by atoms with E-state index in [0.29, 0.717) is 18.9 Å². The zero-order chi connectivity index (χ0) is 14.5. The second-order valence-corrected chi connectivity index (χ2v) is 5.34. The summed E-state index contributed by atoms with van der Waals surface area (Å²) in [5.74, 6) is 0.515. The van der Waals surface area contributed by atoms with Crippen LogP contribution in [-0.2, 0) is 0 Å². The van der Waals surface area contributed by atoms with Crippen LogP contribution in [0.25, 0.3) is 10.8 Å². The maximum atomic E-state index is 8.82. The standard InChI is InChI=1S/C16H20N4/c1-12(2)11-20(9-3-7-17)15-5-4-13-10-19-8-6-14(13)16(15)18/h4-6,8,10,12H,3,9,11,18H2,1-2H3. The molecule has 0 atom stereocenters. The highest BCUT2D eigenvalue weighted by Crippen LogP contribution is 2.31. The highest BCUT2D eigenvalue weighted by molar-refractivity contribution is 5.98. The molecule has 1 aromatic carbocycles. The summed E-state index contributed by atoms with van der Waals surface area (Å²) in [5.41, 5.74) is 8.09. The van der Waals surface area contributed by atoms with Gasteiger partial charge in [0.2, 0.25) is 0 Å². The maximum Gasteiger partial charge on any atom is 0.0640 e. The van der Waals surface area contributed by atoms with Gasteiger partial charge in [0.1, 0.15) is 0 Å². The average Bonchev–Trinajstić information content (AvgIpc) is 2.44. The van der Waals surface area contributed by atoms with Gasteiger partial charge in [-0.2, -0.15) is 5.26 Å². The highest BCUT2D eigenvalue weighted by atomic mass is 15.1. The number of hydrogen-bond donors (Lipinski definition) is 1. The van der Waals surface area contributed by atoms with Gasteiger partial charge in [0, 0.05) is 36.3 Å². The van der Waals surface area contributed by atoms with Gasteiger partial charge >= 0.3 is 0 Å². The van der Waals surface area contributed by atoms with Crippen LogP contribution in [0.4, 0.5) is 11.4 Å². The van der Waals surface area contributed by atoms with E-state index < -0.39 is 0 Å². The molecule has 0 saturated heterocycles. The summed E-state index contributed by atoms with van der Waals surface area (Å²) in [6, 6.07) is 8.20. The van der Waals surface area contributed by atoms with Crippen molar-refractivity contribution in [2.45, 2.75) is 20.3 Å². The van der Waals surface area contributed by atoms with Crippen molar-refractivity contribution < 1.29 is 0 Å². The Hall–Kier alpha value is -2.28. The molecule has 104 valence electrons. The Morgan fingerprint density at radius 3 is 2.85 bits per heavy atom. The van der Waals surface area contributed by atoms with Gasteiger partial charge in [0.25, 0.3) is 0 Å². The molecule has 0 aliphatic rings. The van der Waals surface area contributed by atoms with Crippen molar-refractivity contribution in [3.63, 3.8) is 0 Å². The summed E-state index contributed by atoms with van der Waals surface area (Å²) >= 11 is 0. The molecule has 0 radical (unpaired) electrons. The first-order chi connectivity index (χ1) is 9.63. The molecule has 2 rings (SSSR count). The molecular weight excluding hydrogens is 248 g/mol. The second kappa shape index (κ2) is 6.25. The van der Waals surface area contributed by atoms with Crippen LogP contribution in [0.2, 0.25) is 0 Å². The van der Waals surface area contributed by atoms with Crippen LogP contribution in [0.1, 0.15) is 20.3 Å². The number of pyridine rings is 1. The number of aromatic nitrogens is 1. The summed E-state index contributed by atoms with van der Waals surface area (Å²) in [5, 5.41) is 10.9. The highest BCUT2D eigenvalue weighted by Gasteiger charge is 2.13. The minimum absolute atomic E-state index is 0.501. The number of rotatable bonds is 5. The van der Waals surface area contributed by atoms with Crippen LogP contribution >= 0.6 is 0 Å². The number of nitrogens with two attached hydrogens (primary N) is 1. The molecule has 1 heterocycles. The third kappa shape index (κ3) is 3.00.